The van der Waals surface area contributed by atoms with Crippen molar-refractivity contribution in [3.63, 3.8) is 0 Å². The molecule has 0 aliphatic rings. The second-order valence-corrected chi connectivity index (χ2v) is 4.69. The summed E-state index contributed by atoms with van der Waals surface area (Å²) in [6.07, 6.45) is 1.26. The van der Waals surface area contributed by atoms with Crippen molar-refractivity contribution in [1.82, 2.24) is 0 Å². The van der Waals surface area contributed by atoms with Crippen LogP contribution in [0, 0.1) is 0 Å². The number of aliphatic hydroxyl groups excluding tert-OH is 1. The molecule has 2 heteroatoms. The van der Waals surface area contributed by atoms with E-state index in [4.69, 9.17) is 4.74 Å². The maximum Gasteiger partial charge on any atom is 0.119 e. The fourth-order valence-corrected chi connectivity index (χ4v) is 2.11. The number of methoxy groups -OCH3 is 1. The van der Waals surface area contributed by atoms with Gasteiger partial charge in [-0.2, -0.15) is 0 Å². The van der Waals surface area contributed by atoms with E-state index in [0.717, 1.165) is 24.2 Å². The SMILES string of the molecule is CCC(O)c1ccc(Cc2cccc(OC)c2)cc1. The van der Waals surface area contributed by atoms with Gasteiger partial charge in [0.1, 0.15) is 5.75 Å². The van der Waals surface area contributed by atoms with Gasteiger partial charge in [-0.15, -0.1) is 0 Å². The number of aliphatic hydroxyl groups is 1. The van der Waals surface area contributed by atoms with Gasteiger partial charge >= 0.3 is 0 Å². The van der Waals surface area contributed by atoms with Gasteiger partial charge in [0.25, 0.3) is 0 Å². The van der Waals surface area contributed by atoms with Gasteiger partial charge in [0.15, 0.2) is 0 Å². The highest BCUT2D eigenvalue weighted by Gasteiger charge is 2.04. The summed E-state index contributed by atoms with van der Waals surface area (Å²) in [7, 11) is 1.68. The van der Waals surface area contributed by atoms with Crippen molar-refractivity contribution in [2.45, 2.75) is 25.9 Å². The Balaban J connectivity index is 2.10. The molecule has 0 aliphatic heterocycles. The maximum absolute atomic E-state index is 9.76. The second kappa shape index (κ2) is 6.39. The molecule has 2 rings (SSSR count). The molecule has 19 heavy (non-hydrogen) atoms. The first kappa shape index (κ1) is 13.6. The lowest BCUT2D eigenvalue weighted by molar-refractivity contribution is 0.173. The molecular weight excluding hydrogens is 236 g/mol. The van der Waals surface area contributed by atoms with Crippen LogP contribution < -0.4 is 4.74 Å². The van der Waals surface area contributed by atoms with Crippen molar-refractivity contribution in [2.75, 3.05) is 7.11 Å². The minimum Gasteiger partial charge on any atom is -0.497 e. The molecule has 0 amide bonds. The van der Waals surface area contributed by atoms with Gasteiger partial charge in [-0.1, -0.05) is 43.3 Å². The number of hydrogen-bond acceptors (Lipinski definition) is 2. The molecule has 0 heterocycles. The molecular formula is C17H20O2. The van der Waals surface area contributed by atoms with Crippen molar-refractivity contribution < 1.29 is 9.84 Å². The van der Waals surface area contributed by atoms with Crippen molar-refractivity contribution in [2.24, 2.45) is 0 Å². The van der Waals surface area contributed by atoms with Gasteiger partial charge in [-0.25, -0.2) is 0 Å². The van der Waals surface area contributed by atoms with E-state index in [1.165, 1.54) is 11.1 Å². The van der Waals surface area contributed by atoms with Gasteiger partial charge in [0, 0.05) is 0 Å². The van der Waals surface area contributed by atoms with E-state index >= 15 is 0 Å². The van der Waals surface area contributed by atoms with E-state index in [9.17, 15) is 5.11 Å². The number of hydrogen-bond donors (Lipinski definition) is 1. The van der Waals surface area contributed by atoms with E-state index in [1.54, 1.807) is 7.11 Å². The van der Waals surface area contributed by atoms with E-state index < -0.39 is 0 Å². The molecule has 0 bridgehead atoms. The Kier molecular flexibility index (Phi) is 4.58. The fourth-order valence-electron chi connectivity index (χ4n) is 2.11. The molecule has 0 saturated heterocycles. The van der Waals surface area contributed by atoms with Crippen LogP contribution in [0.15, 0.2) is 48.5 Å². The molecule has 100 valence electrons. The summed E-state index contributed by atoms with van der Waals surface area (Å²) in [4.78, 5) is 0. The Labute approximate surface area is 114 Å². The van der Waals surface area contributed by atoms with Crippen LogP contribution in [-0.2, 0) is 6.42 Å². The molecule has 2 aromatic carbocycles. The van der Waals surface area contributed by atoms with Crippen LogP contribution in [0.25, 0.3) is 0 Å². The van der Waals surface area contributed by atoms with Crippen LogP contribution in [0.3, 0.4) is 0 Å². The molecule has 2 nitrogen and oxygen atoms in total. The number of rotatable bonds is 5. The minimum absolute atomic E-state index is 0.356. The first-order valence-corrected chi connectivity index (χ1v) is 6.62. The van der Waals surface area contributed by atoms with Crippen LogP contribution in [0.4, 0.5) is 0 Å². The summed E-state index contributed by atoms with van der Waals surface area (Å²) in [5.41, 5.74) is 3.44. The summed E-state index contributed by atoms with van der Waals surface area (Å²) in [6.45, 7) is 1.98. The summed E-state index contributed by atoms with van der Waals surface area (Å²) in [6, 6.07) is 16.3. The van der Waals surface area contributed by atoms with Crippen LogP contribution in [0.1, 0.15) is 36.1 Å². The highest BCUT2D eigenvalue weighted by atomic mass is 16.5. The summed E-state index contributed by atoms with van der Waals surface area (Å²) in [5.74, 6) is 0.885. The second-order valence-electron chi connectivity index (χ2n) is 4.69. The summed E-state index contributed by atoms with van der Waals surface area (Å²) < 4.78 is 5.22. The summed E-state index contributed by atoms with van der Waals surface area (Å²) in [5, 5.41) is 9.76. The average Bonchev–Trinajstić information content (AvgIpc) is 2.47. The predicted molar refractivity (Wildman–Crippen MR) is 77.5 cm³/mol. The molecule has 0 aliphatic carbocycles. The lowest BCUT2D eigenvalue weighted by Gasteiger charge is -2.09. The first-order valence-electron chi connectivity index (χ1n) is 6.62. The Bertz CT molecular complexity index is 517. The van der Waals surface area contributed by atoms with Gasteiger partial charge in [0.2, 0.25) is 0 Å². The average molecular weight is 256 g/mol. The molecule has 2 aromatic rings. The quantitative estimate of drug-likeness (QED) is 0.883. The lowest BCUT2D eigenvalue weighted by Crippen LogP contribution is -1.96. The highest BCUT2D eigenvalue weighted by molar-refractivity contribution is 5.33. The molecule has 1 N–H and O–H groups in total. The number of ether oxygens (including phenoxy) is 1. The molecule has 0 fully saturated rings. The molecule has 1 atom stereocenters. The Hall–Kier alpha value is -1.80. The molecule has 0 saturated carbocycles. The Morgan fingerprint density at radius 3 is 2.42 bits per heavy atom. The van der Waals surface area contributed by atoms with Gasteiger partial charge < -0.3 is 9.84 Å². The van der Waals surface area contributed by atoms with Crippen LogP contribution >= 0.6 is 0 Å². The molecule has 1 unspecified atom stereocenters. The third-order valence-electron chi connectivity index (χ3n) is 3.29. The number of benzene rings is 2. The Morgan fingerprint density at radius 1 is 1.05 bits per heavy atom. The van der Waals surface area contributed by atoms with Crippen molar-refractivity contribution in [3.05, 3.63) is 65.2 Å². The van der Waals surface area contributed by atoms with E-state index in [1.807, 2.05) is 31.2 Å². The van der Waals surface area contributed by atoms with E-state index in [0.29, 0.717) is 0 Å². The van der Waals surface area contributed by atoms with Gasteiger partial charge in [0.05, 0.1) is 13.2 Å². The topological polar surface area (TPSA) is 29.5 Å². The third kappa shape index (κ3) is 3.58. The monoisotopic (exact) mass is 256 g/mol. The first-order chi connectivity index (χ1) is 9.22. The zero-order valence-corrected chi connectivity index (χ0v) is 11.5. The highest BCUT2D eigenvalue weighted by Crippen LogP contribution is 2.19. The zero-order chi connectivity index (χ0) is 13.7. The van der Waals surface area contributed by atoms with Crippen LogP contribution in [-0.4, -0.2) is 12.2 Å². The molecule has 0 radical (unpaired) electrons. The fraction of sp³-hybridized carbons (Fsp3) is 0.294. The smallest absolute Gasteiger partial charge is 0.119 e. The Morgan fingerprint density at radius 2 is 1.79 bits per heavy atom. The third-order valence-corrected chi connectivity index (χ3v) is 3.29. The van der Waals surface area contributed by atoms with Gasteiger partial charge in [-0.3, -0.25) is 0 Å². The summed E-state index contributed by atoms with van der Waals surface area (Å²) >= 11 is 0. The van der Waals surface area contributed by atoms with Crippen molar-refractivity contribution in [3.8, 4) is 5.75 Å². The maximum atomic E-state index is 9.76. The van der Waals surface area contributed by atoms with Crippen molar-refractivity contribution >= 4 is 0 Å². The zero-order valence-electron chi connectivity index (χ0n) is 11.5. The largest absolute Gasteiger partial charge is 0.497 e. The predicted octanol–water partition coefficient (Wildman–Crippen LogP) is 3.73. The van der Waals surface area contributed by atoms with Crippen LogP contribution in [0.2, 0.25) is 0 Å². The normalized spacial score (nSPS) is 12.2. The minimum atomic E-state index is -0.356. The molecule has 0 aromatic heterocycles. The van der Waals surface area contributed by atoms with Crippen molar-refractivity contribution in [1.29, 1.82) is 0 Å². The lowest BCUT2D eigenvalue weighted by atomic mass is 10.0. The van der Waals surface area contributed by atoms with E-state index in [-0.39, 0.29) is 6.10 Å². The van der Waals surface area contributed by atoms with E-state index in [2.05, 4.69) is 24.3 Å². The van der Waals surface area contributed by atoms with Gasteiger partial charge in [-0.05, 0) is 41.7 Å². The standard InChI is InChI=1S/C17H20O2/c1-3-17(18)15-9-7-13(8-10-15)11-14-5-4-6-16(12-14)19-2/h4-10,12,17-18H,3,11H2,1-2H3. The molecule has 0 spiro atoms. The van der Waals surface area contributed by atoms with Crippen LogP contribution in [0.5, 0.6) is 5.75 Å².